The molecule has 1 saturated carbocycles. The van der Waals surface area contributed by atoms with E-state index in [1.54, 1.807) is 11.3 Å². The van der Waals surface area contributed by atoms with Crippen molar-refractivity contribution in [3.05, 3.63) is 49.6 Å². The van der Waals surface area contributed by atoms with Crippen molar-refractivity contribution in [3.8, 4) is 0 Å². The molecule has 1 aromatic carbocycles. The third-order valence-electron chi connectivity index (χ3n) is 3.63. The van der Waals surface area contributed by atoms with E-state index in [2.05, 4.69) is 50.7 Å². The minimum atomic E-state index is 0.704. The summed E-state index contributed by atoms with van der Waals surface area (Å²) in [6.45, 7) is 1.76. The Labute approximate surface area is 143 Å². The molecule has 0 bridgehead atoms. The Kier molecular flexibility index (Phi) is 4.89. The van der Waals surface area contributed by atoms with Gasteiger partial charge in [-0.1, -0.05) is 23.7 Å². The number of nitrogens with zero attached hydrogens (tertiary/aromatic N) is 1. The van der Waals surface area contributed by atoms with Gasteiger partial charge < -0.3 is 10.2 Å². The first-order valence-corrected chi connectivity index (χ1v) is 9.13. The van der Waals surface area contributed by atoms with Crippen LogP contribution in [0.5, 0.6) is 0 Å². The molecule has 1 aliphatic rings. The number of hydrogen-bond acceptors (Lipinski definition) is 3. The zero-order valence-electron chi connectivity index (χ0n) is 11.9. The van der Waals surface area contributed by atoms with Crippen LogP contribution in [0.15, 0.2) is 34.1 Å². The number of thiophene rings is 1. The van der Waals surface area contributed by atoms with Gasteiger partial charge in [-0.25, -0.2) is 0 Å². The minimum Gasteiger partial charge on any atom is -0.368 e. The zero-order valence-corrected chi connectivity index (χ0v) is 15.1. The Morgan fingerprint density at radius 3 is 2.90 bits per heavy atom. The molecular formula is C16H18BrClN2S. The molecule has 1 aliphatic carbocycles. The van der Waals surface area contributed by atoms with Crippen molar-refractivity contribution < 1.29 is 0 Å². The highest BCUT2D eigenvalue weighted by Gasteiger charge is 2.21. The SMILES string of the molecule is CN(Cc1cc(Br)cs1)c1c(Cl)cccc1CNC1CC1. The van der Waals surface area contributed by atoms with Gasteiger partial charge in [-0.05, 0) is 46.5 Å². The fourth-order valence-electron chi connectivity index (χ4n) is 2.42. The number of anilines is 1. The number of benzene rings is 1. The first-order chi connectivity index (χ1) is 10.1. The summed E-state index contributed by atoms with van der Waals surface area (Å²) in [5, 5.41) is 6.51. The lowest BCUT2D eigenvalue weighted by Gasteiger charge is -2.23. The summed E-state index contributed by atoms with van der Waals surface area (Å²) in [7, 11) is 2.11. The lowest BCUT2D eigenvalue weighted by Crippen LogP contribution is -2.21. The van der Waals surface area contributed by atoms with E-state index in [1.165, 1.54) is 23.3 Å². The maximum absolute atomic E-state index is 6.45. The summed E-state index contributed by atoms with van der Waals surface area (Å²) in [6.07, 6.45) is 2.60. The minimum absolute atomic E-state index is 0.704. The summed E-state index contributed by atoms with van der Waals surface area (Å²) in [4.78, 5) is 3.57. The summed E-state index contributed by atoms with van der Waals surface area (Å²) >= 11 is 11.7. The monoisotopic (exact) mass is 384 g/mol. The van der Waals surface area contributed by atoms with Crippen LogP contribution in [0.3, 0.4) is 0 Å². The maximum Gasteiger partial charge on any atom is 0.0642 e. The first-order valence-electron chi connectivity index (χ1n) is 7.08. The fourth-order valence-corrected chi connectivity index (χ4v) is 4.26. The molecule has 0 atom stereocenters. The van der Waals surface area contributed by atoms with E-state index >= 15 is 0 Å². The van der Waals surface area contributed by atoms with Crippen molar-refractivity contribution in [2.24, 2.45) is 0 Å². The van der Waals surface area contributed by atoms with E-state index in [4.69, 9.17) is 11.6 Å². The standard InChI is InChI=1S/C16H18BrClN2S/c1-20(9-14-7-12(17)10-21-14)16-11(3-2-4-15(16)18)8-19-13-5-6-13/h2-4,7,10,13,19H,5-6,8-9H2,1H3. The van der Waals surface area contributed by atoms with Crippen molar-refractivity contribution in [2.45, 2.75) is 32.0 Å². The van der Waals surface area contributed by atoms with Crippen LogP contribution >= 0.6 is 38.9 Å². The quantitative estimate of drug-likeness (QED) is 0.748. The molecule has 0 aliphatic heterocycles. The molecule has 1 fully saturated rings. The van der Waals surface area contributed by atoms with Crippen molar-refractivity contribution in [3.63, 3.8) is 0 Å². The van der Waals surface area contributed by atoms with Gasteiger partial charge in [-0.2, -0.15) is 0 Å². The Balaban J connectivity index is 1.77. The van der Waals surface area contributed by atoms with Gasteiger partial charge in [0.2, 0.25) is 0 Å². The molecule has 2 aromatic rings. The summed E-state index contributed by atoms with van der Waals surface area (Å²) in [6, 6.07) is 9.04. The van der Waals surface area contributed by atoms with E-state index in [0.717, 1.165) is 28.3 Å². The van der Waals surface area contributed by atoms with Gasteiger partial charge in [0, 0.05) is 34.4 Å². The average Bonchev–Trinajstić information content (AvgIpc) is 3.19. The Bertz CT molecular complexity index is 624. The van der Waals surface area contributed by atoms with Gasteiger partial charge in [0.15, 0.2) is 0 Å². The second-order valence-corrected chi connectivity index (χ2v) is 7.81. The molecule has 3 rings (SSSR count). The molecule has 5 heteroatoms. The normalized spacial score (nSPS) is 14.4. The van der Waals surface area contributed by atoms with E-state index in [-0.39, 0.29) is 0 Å². The van der Waals surface area contributed by atoms with Crippen molar-refractivity contribution in [2.75, 3.05) is 11.9 Å². The van der Waals surface area contributed by atoms with E-state index < -0.39 is 0 Å². The second kappa shape index (κ2) is 6.69. The van der Waals surface area contributed by atoms with Gasteiger partial charge in [-0.15, -0.1) is 11.3 Å². The van der Waals surface area contributed by atoms with Gasteiger partial charge in [-0.3, -0.25) is 0 Å². The summed E-state index contributed by atoms with van der Waals surface area (Å²) in [5.41, 5.74) is 2.41. The van der Waals surface area contributed by atoms with Crippen molar-refractivity contribution >= 4 is 44.6 Å². The average molecular weight is 386 g/mol. The number of rotatable bonds is 6. The maximum atomic E-state index is 6.45. The van der Waals surface area contributed by atoms with Crippen LogP contribution in [0.4, 0.5) is 5.69 Å². The van der Waals surface area contributed by atoms with Crippen LogP contribution in [0.2, 0.25) is 5.02 Å². The Morgan fingerprint density at radius 2 is 2.24 bits per heavy atom. The van der Waals surface area contributed by atoms with Gasteiger partial charge in [0.05, 0.1) is 17.3 Å². The largest absolute Gasteiger partial charge is 0.368 e. The predicted molar refractivity (Wildman–Crippen MR) is 95.4 cm³/mol. The fraction of sp³-hybridized carbons (Fsp3) is 0.375. The highest BCUT2D eigenvalue weighted by atomic mass is 79.9. The van der Waals surface area contributed by atoms with Crippen LogP contribution in [0, 0.1) is 0 Å². The van der Waals surface area contributed by atoms with Crippen LogP contribution < -0.4 is 10.2 Å². The number of hydrogen-bond donors (Lipinski definition) is 1. The van der Waals surface area contributed by atoms with Crippen molar-refractivity contribution in [1.82, 2.24) is 5.32 Å². The van der Waals surface area contributed by atoms with Gasteiger partial charge in [0.1, 0.15) is 0 Å². The van der Waals surface area contributed by atoms with Gasteiger partial charge in [0.25, 0.3) is 0 Å². The van der Waals surface area contributed by atoms with Gasteiger partial charge >= 0.3 is 0 Å². The van der Waals surface area contributed by atoms with E-state index in [1.807, 2.05) is 12.1 Å². The lowest BCUT2D eigenvalue weighted by atomic mass is 10.1. The molecule has 0 radical (unpaired) electrons. The van der Waals surface area contributed by atoms with Crippen LogP contribution in [-0.4, -0.2) is 13.1 Å². The molecule has 112 valence electrons. The molecule has 0 saturated heterocycles. The Hall–Kier alpha value is -0.550. The second-order valence-electron chi connectivity index (χ2n) is 5.49. The Morgan fingerprint density at radius 1 is 1.43 bits per heavy atom. The highest BCUT2D eigenvalue weighted by molar-refractivity contribution is 9.10. The van der Waals surface area contributed by atoms with E-state index in [0.29, 0.717) is 6.04 Å². The predicted octanol–water partition coefficient (Wildman–Crippen LogP) is 5.05. The molecule has 0 amide bonds. The summed E-state index contributed by atoms with van der Waals surface area (Å²) in [5.74, 6) is 0. The van der Waals surface area contributed by atoms with E-state index in [9.17, 15) is 0 Å². The third kappa shape index (κ3) is 4.01. The zero-order chi connectivity index (χ0) is 14.8. The van der Waals surface area contributed by atoms with Crippen molar-refractivity contribution in [1.29, 1.82) is 0 Å². The summed E-state index contributed by atoms with van der Waals surface area (Å²) < 4.78 is 1.14. The number of nitrogens with one attached hydrogen (secondary N) is 1. The lowest BCUT2D eigenvalue weighted by molar-refractivity contribution is 0.685. The molecule has 1 aromatic heterocycles. The van der Waals surface area contributed by atoms with Crippen LogP contribution in [-0.2, 0) is 13.1 Å². The molecule has 21 heavy (non-hydrogen) atoms. The molecule has 1 heterocycles. The van der Waals surface area contributed by atoms with Crippen LogP contribution in [0.1, 0.15) is 23.3 Å². The highest BCUT2D eigenvalue weighted by Crippen LogP contribution is 2.32. The smallest absolute Gasteiger partial charge is 0.0642 e. The molecule has 0 spiro atoms. The molecule has 1 N–H and O–H groups in total. The number of para-hydroxylation sites is 1. The molecule has 0 unspecified atom stereocenters. The molecular weight excluding hydrogens is 368 g/mol. The molecule has 2 nitrogen and oxygen atoms in total. The number of halogens is 2. The topological polar surface area (TPSA) is 15.3 Å². The van der Waals surface area contributed by atoms with Crippen LogP contribution in [0.25, 0.3) is 0 Å². The third-order valence-corrected chi connectivity index (χ3v) is 5.61. The first kappa shape index (κ1) is 15.3.